The molecule has 3 rings (SSSR count). The summed E-state index contributed by atoms with van der Waals surface area (Å²) in [5.74, 6) is 0.957. The second-order valence-corrected chi connectivity index (χ2v) is 4.95. The van der Waals surface area contributed by atoms with Crippen molar-refractivity contribution in [2.45, 2.75) is 19.3 Å². The molecule has 1 amide bonds. The minimum atomic E-state index is -0.233. The van der Waals surface area contributed by atoms with Crippen LogP contribution in [0.15, 0.2) is 12.5 Å². The van der Waals surface area contributed by atoms with Crippen molar-refractivity contribution in [2.24, 2.45) is 11.7 Å². The summed E-state index contributed by atoms with van der Waals surface area (Å²) in [4.78, 5) is 21.7. The number of hydrogen-bond donors (Lipinski definition) is 2. The van der Waals surface area contributed by atoms with E-state index in [1.54, 1.807) is 6.20 Å². The molecule has 1 aliphatic heterocycles. The summed E-state index contributed by atoms with van der Waals surface area (Å²) >= 11 is 0. The summed E-state index contributed by atoms with van der Waals surface area (Å²) in [7, 11) is 0. The molecule has 1 unspecified atom stereocenters. The van der Waals surface area contributed by atoms with E-state index in [2.05, 4.69) is 25.1 Å². The van der Waals surface area contributed by atoms with Gasteiger partial charge in [0.25, 0.3) is 0 Å². The molecule has 0 spiro atoms. The molecule has 7 nitrogen and oxygen atoms in total. The van der Waals surface area contributed by atoms with E-state index in [4.69, 9.17) is 5.73 Å². The molecule has 0 saturated carbocycles. The molecule has 3 N–H and O–H groups in total. The molecule has 0 aliphatic carbocycles. The number of nitrogens with zero attached hydrogens (tertiary/aromatic N) is 4. The Balaban J connectivity index is 1.85. The molecule has 2 aromatic rings. The summed E-state index contributed by atoms with van der Waals surface area (Å²) in [6.07, 6.45) is 5.80. The van der Waals surface area contributed by atoms with Crippen LogP contribution < -0.4 is 10.6 Å². The Hall–Kier alpha value is -2.18. The number of anilines is 1. The average molecular weight is 260 g/mol. The summed E-state index contributed by atoms with van der Waals surface area (Å²) in [6.45, 7) is 1.74. The first-order valence-corrected chi connectivity index (χ1v) is 6.41. The first-order valence-electron chi connectivity index (χ1n) is 6.41. The minimum absolute atomic E-state index is 0.233. The molecule has 1 saturated heterocycles. The van der Waals surface area contributed by atoms with Gasteiger partial charge in [-0.05, 0) is 18.8 Å². The first kappa shape index (κ1) is 11.9. The molecule has 0 aromatic carbocycles. The van der Waals surface area contributed by atoms with Crippen LogP contribution in [-0.4, -0.2) is 39.2 Å². The third-order valence-corrected chi connectivity index (χ3v) is 3.54. The van der Waals surface area contributed by atoms with Gasteiger partial charge < -0.3 is 10.6 Å². The summed E-state index contributed by atoms with van der Waals surface area (Å²) in [6, 6.07) is 0. The highest BCUT2D eigenvalue weighted by Gasteiger charge is 2.23. The topological polar surface area (TPSA) is 101 Å². The fraction of sp³-hybridized carbons (Fsp3) is 0.500. The van der Waals surface area contributed by atoms with Gasteiger partial charge in [0.2, 0.25) is 5.91 Å². The molecule has 0 radical (unpaired) electrons. The van der Waals surface area contributed by atoms with Crippen molar-refractivity contribution in [2.75, 3.05) is 18.0 Å². The quantitative estimate of drug-likeness (QED) is 0.834. The predicted octanol–water partition coefficient (Wildman–Crippen LogP) is 0.445. The van der Waals surface area contributed by atoms with E-state index < -0.39 is 0 Å². The number of primary amides is 1. The van der Waals surface area contributed by atoms with Gasteiger partial charge in [-0.3, -0.25) is 9.89 Å². The van der Waals surface area contributed by atoms with Crippen LogP contribution in [-0.2, 0) is 4.79 Å². The first-order chi connectivity index (χ1) is 9.24. The highest BCUT2D eigenvalue weighted by atomic mass is 16.1. The number of fused-ring (bicyclic) bond motifs is 1. The van der Waals surface area contributed by atoms with Crippen molar-refractivity contribution in [3.05, 3.63) is 12.5 Å². The average Bonchev–Trinajstić information content (AvgIpc) is 2.86. The molecule has 3 heterocycles. The Morgan fingerprint density at radius 1 is 1.53 bits per heavy atom. The van der Waals surface area contributed by atoms with Crippen molar-refractivity contribution >= 4 is 22.8 Å². The monoisotopic (exact) mass is 260 g/mol. The third kappa shape index (κ3) is 2.35. The molecule has 7 heteroatoms. The van der Waals surface area contributed by atoms with Crippen LogP contribution in [0.3, 0.4) is 0 Å². The van der Waals surface area contributed by atoms with Crippen molar-refractivity contribution < 1.29 is 4.79 Å². The van der Waals surface area contributed by atoms with Crippen LogP contribution in [0.2, 0.25) is 0 Å². The molecule has 1 fully saturated rings. The van der Waals surface area contributed by atoms with Gasteiger partial charge in [0.15, 0.2) is 5.65 Å². The van der Waals surface area contributed by atoms with Crippen molar-refractivity contribution in [3.63, 3.8) is 0 Å². The van der Waals surface area contributed by atoms with Gasteiger partial charge in [-0.25, -0.2) is 9.97 Å². The zero-order chi connectivity index (χ0) is 13.2. The Morgan fingerprint density at radius 2 is 2.42 bits per heavy atom. The molecular formula is C12H16N6O. The van der Waals surface area contributed by atoms with Crippen molar-refractivity contribution in [1.29, 1.82) is 0 Å². The van der Waals surface area contributed by atoms with Gasteiger partial charge in [0.1, 0.15) is 12.1 Å². The number of amides is 1. The number of nitrogens with two attached hydrogens (primary N) is 1. The molecule has 2 aromatic heterocycles. The number of aromatic nitrogens is 4. The number of aromatic amines is 1. The lowest BCUT2D eigenvalue weighted by Crippen LogP contribution is -2.37. The molecular weight excluding hydrogens is 244 g/mol. The number of nitrogens with one attached hydrogen (secondary N) is 1. The van der Waals surface area contributed by atoms with Crippen LogP contribution in [0.1, 0.15) is 19.3 Å². The number of carbonyl (C=O) groups excluding carboxylic acids is 1. The van der Waals surface area contributed by atoms with Crippen LogP contribution in [0, 0.1) is 5.92 Å². The molecule has 19 heavy (non-hydrogen) atoms. The number of hydrogen-bond acceptors (Lipinski definition) is 5. The number of H-pyrrole nitrogens is 1. The van der Waals surface area contributed by atoms with Gasteiger partial charge in [-0.1, -0.05) is 0 Å². The predicted molar refractivity (Wildman–Crippen MR) is 70.4 cm³/mol. The molecule has 1 atom stereocenters. The van der Waals surface area contributed by atoms with E-state index >= 15 is 0 Å². The minimum Gasteiger partial charge on any atom is -0.370 e. The van der Waals surface area contributed by atoms with E-state index in [1.165, 1.54) is 6.33 Å². The summed E-state index contributed by atoms with van der Waals surface area (Å²) in [5.41, 5.74) is 6.02. The van der Waals surface area contributed by atoms with Gasteiger partial charge >= 0.3 is 0 Å². The van der Waals surface area contributed by atoms with Crippen molar-refractivity contribution in [1.82, 2.24) is 20.2 Å². The number of piperidine rings is 1. The lowest BCUT2D eigenvalue weighted by atomic mass is 9.94. The lowest BCUT2D eigenvalue weighted by molar-refractivity contribution is -0.118. The fourth-order valence-electron chi connectivity index (χ4n) is 2.71. The van der Waals surface area contributed by atoms with Gasteiger partial charge in [-0.15, -0.1) is 0 Å². The summed E-state index contributed by atoms with van der Waals surface area (Å²) < 4.78 is 0. The fourth-order valence-corrected chi connectivity index (χ4v) is 2.71. The maximum absolute atomic E-state index is 11.0. The Bertz CT molecular complexity index is 595. The largest absolute Gasteiger partial charge is 0.370 e. The maximum Gasteiger partial charge on any atom is 0.217 e. The van der Waals surface area contributed by atoms with Crippen LogP contribution in [0.25, 0.3) is 11.0 Å². The standard InChI is InChI=1S/C12H16N6O/c13-10(19)4-8-2-1-3-18(6-8)12-9-5-16-17-11(9)14-7-15-12/h5,7-8H,1-4,6H2,(H2,13,19)(H,14,15,16,17). The van der Waals surface area contributed by atoms with Gasteiger partial charge in [0, 0.05) is 19.5 Å². The van der Waals surface area contributed by atoms with E-state index in [0.29, 0.717) is 12.3 Å². The van der Waals surface area contributed by atoms with Gasteiger partial charge in [0.05, 0.1) is 11.6 Å². The highest BCUT2D eigenvalue weighted by molar-refractivity contribution is 5.86. The zero-order valence-corrected chi connectivity index (χ0v) is 10.5. The maximum atomic E-state index is 11.0. The number of carbonyl (C=O) groups is 1. The van der Waals surface area contributed by atoms with E-state index in [-0.39, 0.29) is 5.91 Å². The Morgan fingerprint density at radius 3 is 3.26 bits per heavy atom. The van der Waals surface area contributed by atoms with Crippen molar-refractivity contribution in [3.8, 4) is 0 Å². The van der Waals surface area contributed by atoms with Crippen LogP contribution >= 0.6 is 0 Å². The Labute approximate surface area is 110 Å². The smallest absolute Gasteiger partial charge is 0.217 e. The Kier molecular flexibility index (Phi) is 3.02. The van der Waals surface area contributed by atoms with E-state index in [9.17, 15) is 4.79 Å². The third-order valence-electron chi connectivity index (χ3n) is 3.54. The van der Waals surface area contributed by atoms with Crippen LogP contribution in [0.4, 0.5) is 5.82 Å². The molecule has 1 aliphatic rings. The summed E-state index contributed by atoms with van der Waals surface area (Å²) in [5, 5.41) is 7.76. The van der Waals surface area contributed by atoms with E-state index in [0.717, 1.165) is 42.8 Å². The van der Waals surface area contributed by atoms with Crippen LogP contribution in [0.5, 0.6) is 0 Å². The van der Waals surface area contributed by atoms with E-state index in [1.807, 2.05) is 0 Å². The second kappa shape index (κ2) is 4.83. The number of rotatable bonds is 3. The molecule has 0 bridgehead atoms. The highest BCUT2D eigenvalue weighted by Crippen LogP contribution is 2.27. The second-order valence-electron chi connectivity index (χ2n) is 4.95. The SMILES string of the molecule is NC(=O)CC1CCCN(c2ncnc3[nH]ncc23)C1. The van der Waals surface area contributed by atoms with Gasteiger partial charge in [-0.2, -0.15) is 5.10 Å². The zero-order valence-electron chi connectivity index (χ0n) is 10.5. The molecule has 100 valence electrons. The lowest BCUT2D eigenvalue weighted by Gasteiger charge is -2.33. The normalized spacial score (nSPS) is 19.8.